The van der Waals surface area contributed by atoms with Crippen molar-refractivity contribution < 1.29 is 14.3 Å². The second-order valence-corrected chi connectivity index (χ2v) is 4.93. The molecule has 1 heterocycles. The molecule has 0 spiro atoms. The maximum absolute atomic E-state index is 11.8. The van der Waals surface area contributed by atoms with Gasteiger partial charge in [-0.05, 0) is 44.0 Å². The van der Waals surface area contributed by atoms with E-state index in [4.69, 9.17) is 4.74 Å². The molecule has 1 amide bonds. The van der Waals surface area contributed by atoms with Crippen molar-refractivity contribution in [3.8, 4) is 0 Å². The van der Waals surface area contributed by atoms with Crippen LogP contribution in [0, 0.1) is 0 Å². The number of hydrogen-bond acceptors (Lipinski definition) is 3. The minimum absolute atomic E-state index is 0.288. The van der Waals surface area contributed by atoms with E-state index in [0.29, 0.717) is 10.0 Å². The third-order valence-corrected chi connectivity index (χ3v) is 4.24. The standard InChI is InChI=1S/C11H7Br2NO3/c12-7-8(13)11(16)17-10(7)14-9(15)6-4-2-1-3-5-6/h1-5,10H,(H,14,15)/t10-/m0/s1. The highest BCUT2D eigenvalue weighted by atomic mass is 79.9. The summed E-state index contributed by atoms with van der Waals surface area (Å²) >= 11 is 6.25. The van der Waals surface area contributed by atoms with Gasteiger partial charge in [0.1, 0.15) is 4.48 Å². The van der Waals surface area contributed by atoms with Crippen LogP contribution in [0.15, 0.2) is 39.3 Å². The lowest BCUT2D eigenvalue weighted by Gasteiger charge is -2.12. The van der Waals surface area contributed by atoms with Gasteiger partial charge in [0.2, 0.25) is 6.23 Å². The first-order chi connectivity index (χ1) is 8.09. The van der Waals surface area contributed by atoms with E-state index in [0.717, 1.165) is 0 Å². The highest BCUT2D eigenvalue weighted by Gasteiger charge is 2.32. The molecule has 1 aliphatic heterocycles. The van der Waals surface area contributed by atoms with Crippen LogP contribution in [0.25, 0.3) is 0 Å². The Morgan fingerprint density at radius 3 is 2.41 bits per heavy atom. The number of ether oxygens (including phenoxy) is 1. The van der Waals surface area contributed by atoms with Crippen LogP contribution in [-0.2, 0) is 9.53 Å². The molecule has 0 unspecified atom stereocenters. The number of halogens is 2. The first-order valence-electron chi connectivity index (χ1n) is 4.71. The second-order valence-electron chi connectivity index (χ2n) is 3.29. The molecule has 0 aliphatic carbocycles. The van der Waals surface area contributed by atoms with Gasteiger partial charge in [-0.15, -0.1) is 0 Å². The minimum Gasteiger partial charge on any atom is -0.433 e. The van der Waals surface area contributed by atoms with Gasteiger partial charge in [0.25, 0.3) is 5.91 Å². The van der Waals surface area contributed by atoms with E-state index in [2.05, 4.69) is 37.2 Å². The Morgan fingerprint density at radius 2 is 1.88 bits per heavy atom. The Labute approximate surface area is 114 Å². The Hall–Kier alpha value is -1.14. The number of benzene rings is 1. The number of amides is 1. The van der Waals surface area contributed by atoms with E-state index in [1.807, 2.05) is 6.07 Å². The van der Waals surface area contributed by atoms with Crippen LogP contribution in [0.5, 0.6) is 0 Å². The Kier molecular flexibility index (Phi) is 3.63. The minimum atomic E-state index is -0.774. The van der Waals surface area contributed by atoms with Gasteiger partial charge in [0, 0.05) is 5.56 Å². The first kappa shape index (κ1) is 12.3. The number of hydrogen-bond donors (Lipinski definition) is 1. The topological polar surface area (TPSA) is 55.4 Å². The zero-order valence-corrected chi connectivity index (χ0v) is 11.6. The lowest BCUT2D eigenvalue weighted by atomic mass is 10.2. The Balaban J connectivity index is 2.09. The van der Waals surface area contributed by atoms with Gasteiger partial charge in [-0.1, -0.05) is 18.2 Å². The lowest BCUT2D eigenvalue weighted by molar-refractivity contribution is -0.139. The molecule has 0 aromatic heterocycles. The maximum atomic E-state index is 11.8. The summed E-state index contributed by atoms with van der Waals surface area (Å²) < 4.78 is 5.71. The van der Waals surface area contributed by atoms with Gasteiger partial charge in [-0.3, -0.25) is 4.79 Å². The molecule has 0 radical (unpaired) electrons. The molecule has 6 heteroatoms. The van der Waals surface area contributed by atoms with Crippen molar-refractivity contribution in [3.05, 3.63) is 44.9 Å². The first-order valence-corrected chi connectivity index (χ1v) is 6.30. The second kappa shape index (κ2) is 5.01. The third kappa shape index (κ3) is 2.58. The molecule has 0 saturated heterocycles. The van der Waals surface area contributed by atoms with Crippen LogP contribution in [0.3, 0.4) is 0 Å². The molecule has 1 aliphatic rings. The molecule has 1 atom stereocenters. The molecule has 17 heavy (non-hydrogen) atoms. The van der Waals surface area contributed by atoms with Gasteiger partial charge in [-0.2, -0.15) is 0 Å². The SMILES string of the molecule is O=C1O[C@H](NC(=O)c2ccccc2)C(Br)=C1Br. The molecular weight excluding hydrogens is 354 g/mol. The average Bonchev–Trinajstić information content (AvgIpc) is 2.58. The predicted octanol–water partition coefficient (Wildman–Crippen LogP) is 2.30. The van der Waals surface area contributed by atoms with Crippen molar-refractivity contribution in [1.82, 2.24) is 5.32 Å². The number of cyclic esters (lactones) is 1. The Bertz CT molecular complexity index is 499. The van der Waals surface area contributed by atoms with Crippen molar-refractivity contribution in [2.75, 3.05) is 0 Å². The molecule has 0 bridgehead atoms. The molecule has 88 valence electrons. The molecule has 0 fully saturated rings. The van der Waals surface area contributed by atoms with Gasteiger partial charge in [0.05, 0.1) is 4.48 Å². The van der Waals surface area contributed by atoms with Crippen molar-refractivity contribution in [3.63, 3.8) is 0 Å². The van der Waals surface area contributed by atoms with E-state index in [1.54, 1.807) is 24.3 Å². The van der Waals surface area contributed by atoms with Crippen LogP contribution in [0.2, 0.25) is 0 Å². The van der Waals surface area contributed by atoms with Crippen LogP contribution >= 0.6 is 31.9 Å². The fourth-order valence-electron chi connectivity index (χ4n) is 1.31. The number of nitrogens with one attached hydrogen (secondary N) is 1. The predicted molar refractivity (Wildman–Crippen MR) is 68.7 cm³/mol. The third-order valence-electron chi connectivity index (χ3n) is 2.14. The van der Waals surface area contributed by atoms with Crippen molar-refractivity contribution in [2.24, 2.45) is 0 Å². The fourth-order valence-corrected chi connectivity index (χ4v) is 1.98. The summed E-state index contributed by atoms with van der Waals surface area (Å²) in [5.41, 5.74) is 0.506. The van der Waals surface area contributed by atoms with Crippen LogP contribution < -0.4 is 5.32 Å². The number of rotatable bonds is 2. The molecular formula is C11H7Br2NO3. The smallest absolute Gasteiger partial charge is 0.348 e. The van der Waals surface area contributed by atoms with Crippen molar-refractivity contribution >= 4 is 43.7 Å². The van der Waals surface area contributed by atoms with E-state index >= 15 is 0 Å². The quantitative estimate of drug-likeness (QED) is 0.823. The summed E-state index contributed by atoms with van der Waals surface area (Å²) in [6.07, 6.45) is -0.774. The van der Waals surface area contributed by atoms with Gasteiger partial charge in [0.15, 0.2) is 0 Å². The average molecular weight is 361 g/mol. The van der Waals surface area contributed by atoms with Gasteiger partial charge in [-0.25, -0.2) is 4.79 Å². The fraction of sp³-hybridized carbons (Fsp3) is 0.0909. The highest BCUT2D eigenvalue weighted by molar-refractivity contribution is 9.14. The Morgan fingerprint density at radius 1 is 1.24 bits per heavy atom. The van der Waals surface area contributed by atoms with Crippen LogP contribution in [0.4, 0.5) is 0 Å². The van der Waals surface area contributed by atoms with Crippen LogP contribution in [0.1, 0.15) is 10.4 Å². The van der Waals surface area contributed by atoms with Gasteiger partial charge < -0.3 is 10.1 Å². The zero-order valence-electron chi connectivity index (χ0n) is 8.44. The lowest BCUT2D eigenvalue weighted by Crippen LogP contribution is -2.35. The summed E-state index contributed by atoms with van der Waals surface area (Å²) in [6.45, 7) is 0. The number of carbonyl (C=O) groups excluding carboxylic acids is 2. The van der Waals surface area contributed by atoms with Crippen LogP contribution in [-0.4, -0.2) is 18.1 Å². The largest absolute Gasteiger partial charge is 0.433 e. The summed E-state index contributed by atoms with van der Waals surface area (Å²) in [4.78, 5) is 23.0. The van der Waals surface area contributed by atoms with Crippen molar-refractivity contribution in [2.45, 2.75) is 6.23 Å². The molecule has 1 N–H and O–H groups in total. The maximum Gasteiger partial charge on any atom is 0.348 e. The summed E-state index contributed by atoms with van der Waals surface area (Å²) in [6, 6.07) is 8.70. The normalized spacial score (nSPS) is 19.2. The molecule has 4 nitrogen and oxygen atoms in total. The van der Waals surface area contributed by atoms with E-state index in [-0.39, 0.29) is 10.4 Å². The van der Waals surface area contributed by atoms with E-state index < -0.39 is 12.2 Å². The van der Waals surface area contributed by atoms with E-state index in [1.165, 1.54) is 0 Å². The molecule has 0 saturated carbocycles. The van der Waals surface area contributed by atoms with Crippen molar-refractivity contribution in [1.29, 1.82) is 0 Å². The van der Waals surface area contributed by atoms with E-state index in [9.17, 15) is 9.59 Å². The summed E-state index contributed by atoms with van der Waals surface area (Å²) in [5, 5.41) is 2.59. The zero-order chi connectivity index (χ0) is 12.4. The summed E-state index contributed by atoms with van der Waals surface area (Å²) in [7, 11) is 0. The number of carbonyl (C=O) groups is 2. The molecule has 2 rings (SSSR count). The molecule has 1 aromatic rings. The highest BCUT2D eigenvalue weighted by Crippen LogP contribution is 2.30. The van der Waals surface area contributed by atoms with Gasteiger partial charge >= 0.3 is 5.97 Å². The monoisotopic (exact) mass is 359 g/mol. The summed E-state index contributed by atoms with van der Waals surface area (Å²) in [5.74, 6) is -0.808. The molecule has 1 aromatic carbocycles. The number of esters is 1.